The minimum absolute atomic E-state index is 0.131. The fourth-order valence-electron chi connectivity index (χ4n) is 6.56. The normalized spacial score (nSPS) is 23.9. The van der Waals surface area contributed by atoms with Crippen molar-refractivity contribution >= 4 is 10.2 Å². The van der Waals surface area contributed by atoms with Gasteiger partial charge in [0, 0.05) is 18.2 Å². The molecule has 15 heteroatoms. The van der Waals surface area contributed by atoms with Crippen molar-refractivity contribution in [2.24, 2.45) is 23.7 Å². The Bertz CT molecular complexity index is 1470. The first-order valence-corrected chi connectivity index (χ1v) is 18.0. The maximum atomic E-state index is 14.8. The highest BCUT2D eigenvalue weighted by molar-refractivity contribution is 8.45. The molecule has 4 rings (SSSR count). The lowest BCUT2D eigenvalue weighted by Crippen LogP contribution is -2.37. The summed E-state index contributed by atoms with van der Waals surface area (Å²) in [4.78, 5) is -3.43. The zero-order valence-corrected chi connectivity index (χ0v) is 27.2. The summed E-state index contributed by atoms with van der Waals surface area (Å²) in [5, 5.41) is 0. The van der Waals surface area contributed by atoms with Gasteiger partial charge >= 0.3 is 22.4 Å². The molecule has 0 heterocycles. The SMILES string of the molecule is C=CCCC1CCC(C(F)(F)Oc2ccc(CCC=CC3CCC(C(F)(F)Oc4cc(F)c(S(F)(F)(F)(F)F)c(F)c4)CC3)c(F)c2)CC1. The van der Waals surface area contributed by atoms with E-state index in [-0.39, 0.29) is 61.5 Å². The number of hydrogen-bond acceptors (Lipinski definition) is 2. The number of aryl methyl sites for hydroxylation is 1. The second-order valence-corrected chi connectivity index (χ2v) is 15.3. The topological polar surface area (TPSA) is 18.5 Å². The first-order valence-electron chi connectivity index (χ1n) is 16.0. The van der Waals surface area contributed by atoms with Gasteiger partial charge in [0.05, 0.1) is 11.8 Å². The second kappa shape index (κ2) is 14.0. The fraction of sp³-hybridized carbons (Fsp3) is 0.529. The molecule has 2 aromatic rings. The molecule has 2 aliphatic carbocycles. The van der Waals surface area contributed by atoms with Crippen molar-refractivity contribution < 1.29 is 59.6 Å². The highest BCUT2D eigenvalue weighted by Gasteiger charge is 2.69. The van der Waals surface area contributed by atoms with Crippen LogP contribution >= 0.6 is 10.2 Å². The van der Waals surface area contributed by atoms with Crippen molar-refractivity contribution in [2.45, 2.75) is 94.2 Å². The summed E-state index contributed by atoms with van der Waals surface area (Å²) in [6.45, 7) is 3.68. The number of halogens is 12. The standard InChI is InChI=1S/C34H38F12O2S/c1-2-3-6-22-9-14-25(15-10-22)33(38,39)47-27-18-13-24(29(35)19-27)8-5-4-7-23-11-16-26(17-12-23)34(40,41)48-28-20-30(36)32(31(37)21-28)49(42,43,44,45)46/h2,4,7,13,18-23,25-26H,1,3,5-6,8-12,14-17H2. The van der Waals surface area contributed by atoms with E-state index < -0.39 is 62.4 Å². The Morgan fingerprint density at radius 1 is 0.694 bits per heavy atom. The van der Waals surface area contributed by atoms with Crippen molar-refractivity contribution in [1.29, 1.82) is 0 Å². The van der Waals surface area contributed by atoms with Crippen LogP contribution in [0.15, 0.2) is 60.0 Å². The van der Waals surface area contributed by atoms with Gasteiger partial charge in [0.2, 0.25) is 0 Å². The molecule has 276 valence electrons. The lowest BCUT2D eigenvalue weighted by molar-refractivity contribution is -0.224. The molecule has 49 heavy (non-hydrogen) atoms. The zero-order chi connectivity index (χ0) is 36.3. The van der Waals surface area contributed by atoms with Crippen LogP contribution in [0, 0.1) is 41.1 Å². The fourth-order valence-corrected chi connectivity index (χ4v) is 7.41. The predicted molar refractivity (Wildman–Crippen MR) is 163 cm³/mol. The number of ether oxygens (including phenoxy) is 2. The molecule has 2 aromatic carbocycles. The molecule has 0 N–H and O–H groups in total. The van der Waals surface area contributed by atoms with Crippen LogP contribution in [-0.4, -0.2) is 12.2 Å². The molecule has 0 bridgehead atoms. The monoisotopic (exact) mass is 738 g/mol. The van der Waals surface area contributed by atoms with Crippen molar-refractivity contribution in [3.05, 3.63) is 78.2 Å². The molecule has 0 spiro atoms. The van der Waals surface area contributed by atoms with Gasteiger partial charge in [0.15, 0.2) is 16.5 Å². The summed E-state index contributed by atoms with van der Waals surface area (Å²) < 4.78 is 175. The molecule has 2 fully saturated rings. The van der Waals surface area contributed by atoms with Gasteiger partial charge in [-0.15, -0.1) is 6.58 Å². The Kier molecular flexibility index (Phi) is 11.1. The number of benzene rings is 2. The van der Waals surface area contributed by atoms with Crippen LogP contribution < -0.4 is 9.47 Å². The summed E-state index contributed by atoms with van der Waals surface area (Å²) in [7, 11) is -10.8. The first kappa shape index (κ1) is 38.8. The quantitative estimate of drug-likeness (QED) is 0.142. The van der Waals surface area contributed by atoms with Crippen LogP contribution in [-0.2, 0) is 6.42 Å². The first-order chi connectivity index (χ1) is 22.6. The summed E-state index contributed by atoms with van der Waals surface area (Å²) in [6.07, 6.45) is 2.33. The molecule has 0 aliphatic heterocycles. The number of allylic oxidation sites excluding steroid dienone is 3. The average molecular weight is 739 g/mol. The van der Waals surface area contributed by atoms with E-state index in [9.17, 15) is 50.2 Å². The van der Waals surface area contributed by atoms with Crippen LogP contribution in [0.4, 0.5) is 50.2 Å². The van der Waals surface area contributed by atoms with Gasteiger partial charge < -0.3 is 9.47 Å². The molecular formula is C34H38F12O2S. The zero-order valence-electron chi connectivity index (χ0n) is 26.4. The molecule has 0 unspecified atom stereocenters. The van der Waals surface area contributed by atoms with Gasteiger partial charge in [-0.3, -0.25) is 0 Å². The summed E-state index contributed by atoms with van der Waals surface area (Å²) in [6, 6.07) is 2.88. The van der Waals surface area contributed by atoms with E-state index in [0.717, 1.165) is 18.9 Å². The lowest BCUT2D eigenvalue weighted by atomic mass is 9.79. The van der Waals surface area contributed by atoms with Crippen LogP contribution in [0.2, 0.25) is 0 Å². The molecule has 0 amide bonds. The van der Waals surface area contributed by atoms with Crippen LogP contribution in [0.1, 0.15) is 76.2 Å². The molecule has 2 aliphatic rings. The van der Waals surface area contributed by atoms with Crippen molar-refractivity contribution in [2.75, 3.05) is 0 Å². The van der Waals surface area contributed by atoms with E-state index in [0.29, 0.717) is 38.0 Å². The van der Waals surface area contributed by atoms with Gasteiger partial charge in [0.1, 0.15) is 17.3 Å². The average Bonchev–Trinajstić information content (AvgIpc) is 2.97. The Balaban J connectivity index is 1.23. The van der Waals surface area contributed by atoms with Crippen molar-refractivity contribution in [3.63, 3.8) is 0 Å². The number of hydrogen-bond donors (Lipinski definition) is 0. The maximum absolute atomic E-state index is 14.8. The maximum Gasteiger partial charge on any atom is 0.400 e. The number of rotatable bonds is 14. The minimum atomic E-state index is -10.8. The van der Waals surface area contributed by atoms with Crippen LogP contribution in [0.5, 0.6) is 11.5 Å². The second-order valence-electron chi connectivity index (χ2n) is 12.9. The molecular weight excluding hydrogens is 700 g/mol. The highest BCUT2D eigenvalue weighted by Crippen LogP contribution is 3.02. The summed E-state index contributed by atoms with van der Waals surface area (Å²) in [5.41, 5.74) is 0.269. The molecule has 0 radical (unpaired) electrons. The Morgan fingerprint density at radius 2 is 1.20 bits per heavy atom. The molecule has 2 nitrogen and oxygen atoms in total. The third-order valence-electron chi connectivity index (χ3n) is 9.23. The van der Waals surface area contributed by atoms with E-state index in [1.54, 1.807) is 12.2 Å². The van der Waals surface area contributed by atoms with E-state index in [1.165, 1.54) is 12.1 Å². The third kappa shape index (κ3) is 10.5. The minimum Gasteiger partial charge on any atom is -0.432 e. The van der Waals surface area contributed by atoms with Crippen LogP contribution in [0.3, 0.4) is 0 Å². The summed E-state index contributed by atoms with van der Waals surface area (Å²) >= 11 is 0. The highest BCUT2D eigenvalue weighted by atomic mass is 32.5. The Labute approximate surface area is 277 Å². The molecule has 0 aromatic heterocycles. The largest absolute Gasteiger partial charge is 0.432 e. The number of alkyl halides is 4. The van der Waals surface area contributed by atoms with E-state index in [1.807, 2.05) is 6.08 Å². The summed E-state index contributed by atoms with van der Waals surface area (Å²) in [5.74, 6) is -10.1. The van der Waals surface area contributed by atoms with Gasteiger partial charge in [-0.1, -0.05) is 43.7 Å². The van der Waals surface area contributed by atoms with Gasteiger partial charge in [-0.05, 0) is 101 Å². The molecule has 0 saturated heterocycles. The van der Waals surface area contributed by atoms with E-state index in [2.05, 4.69) is 11.3 Å². The molecule has 0 atom stereocenters. The Morgan fingerprint density at radius 3 is 1.71 bits per heavy atom. The van der Waals surface area contributed by atoms with E-state index >= 15 is 0 Å². The van der Waals surface area contributed by atoms with Crippen LogP contribution in [0.25, 0.3) is 0 Å². The van der Waals surface area contributed by atoms with Crippen molar-refractivity contribution in [1.82, 2.24) is 0 Å². The van der Waals surface area contributed by atoms with Crippen molar-refractivity contribution in [3.8, 4) is 11.5 Å². The smallest absolute Gasteiger partial charge is 0.400 e. The van der Waals surface area contributed by atoms with Gasteiger partial charge in [-0.25, -0.2) is 13.2 Å². The van der Waals surface area contributed by atoms with E-state index in [4.69, 9.17) is 4.74 Å². The molecule has 2 saturated carbocycles. The predicted octanol–water partition coefficient (Wildman–Crippen LogP) is 13.5. The third-order valence-corrected chi connectivity index (χ3v) is 10.4. The van der Waals surface area contributed by atoms with Gasteiger partial charge in [-0.2, -0.15) is 17.6 Å². The van der Waals surface area contributed by atoms with Gasteiger partial charge in [0.25, 0.3) is 0 Å². The lowest BCUT2D eigenvalue weighted by Gasteiger charge is -2.40. The Hall–Kier alpha value is -2.97.